The van der Waals surface area contributed by atoms with Gasteiger partial charge in [-0.2, -0.15) is 0 Å². The number of rotatable bonds is 4. The average Bonchev–Trinajstić information content (AvgIpc) is 2.47. The smallest absolute Gasteiger partial charge is 0.306 e. The molecule has 2 N–H and O–H groups in total. The molecule has 1 aliphatic carbocycles. The van der Waals surface area contributed by atoms with Crippen molar-refractivity contribution < 1.29 is 19.1 Å². The molecule has 1 saturated carbocycles. The summed E-state index contributed by atoms with van der Waals surface area (Å²) in [7, 11) is 0. The highest BCUT2D eigenvalue weighted by Crippen LogP contribution is 2.30. The second kappa shape index (κ2) is 6.70. The highest BCUT2D eigenvalue weighted by Gasteiger charge is 2.31. The van der Waals surface area contributed by atoms with Crippen LogP contribution in [-0.4, -0.2) is 17.0 Å². The van der Waals surface area contributed by atoms with Crippen LogP contribution in [0.1, 0.15) is 44.2 Å². The molecule has 5 heteroatoms. The monoisotopic (exact) mass is 293 g/mol. The van der Waals surface area contributed by atoms with E-state index in [4.69, 9.17) is 5.11 Å². The fourth-order valence-corrected chi connectivity index (χ4v) is 2.89. The molecule has 1 aliphatic rings. The summed E-state index contributed by atoms with van der Waals surface area (Å²) in [5, 5.41) is 11.8. The summed E-state index contributed by atoms with van der Waals surface area (Å²) in [4.78, 5) is 23.3. The Morgan fingerprint density at radius 2 is 1.95 bits per heavy atom. The van der Waals surface area contributed by atoms with Gasteiger partial charge in [-0.25, -0.2) is 4.39 Å². The lowest BCUT2D eigenvalue weighted by atomic mass is 9.81. The van der Waals surface area contributed by atoms with Gasteiger partial charge in [0.2, 0.25) is 5.91 Å². The van der Waals surface area contributed by atoms with Crippen molar-refractivity contribution in [3.63, 3.8) is 0 Å². The average molecular weight is 293 g/mol. The van der Waals surface area contributed by atoms with Crippen LogP contribution in [0, 0.1) is 17.7 Å². The Hall–Kier alpha value is -1.91. The maximum absolute atomic E-state index is 13.7. The topological polar surface area (TPSA) is 66.4 Å². The fraction of sp³-hybridized carbons (Fsp3) is 0.500. The van der Waals surface area contributed by atoms with Gasteiger partial charge in [0.25, 0.3) is 0 Å². The van der Waals surface area contributed by atoms with Crippen molar-refractivity contribution in [3.05, 3.63) is 35.6 Å². The molecule has 1 aromatic carbocycles. The molecule has 0 aromatic heterocycles. The molecule has 4 nitrogen and oxygen atoms in total. The van der Waals surface area contributed by atoms with E-state index in [1.165, 1.54) is 6.07 Å². The van der Waals surface area contributed by atoms with Crippen LogP contribution in [0.2, 0.25) is 0 Å². The van der Waals surface area contributed by atoms with E-state index in [2.05, 4.69) is 5.32 Å². The van der Waals surface area contributed by atoms with E-state index in [1.54, 1.807) is 25.1 Å². The number of aliphatic carboxylic acids is 1. The Labute approximate surface area is 123 Å². The molecular weight excluding hydrogens is 273 g/mol. The second-order valence-electron chi connectivity index (χ2n) is 5.65. The van der Waals surface area contributed by atoms with Crippen molar-refractivity contribution in [1.29, 1.82) is 0 Å². The lowest BCUT2D eigenvalue weighted by Gasteiger charge is -2.27. The molecule has 3 unspecified atom stereocenters. The van der Waals surface area contributed by atoms with E-state index < -0.39 is 17.9 Å². The Morgan fingerprint density at radius 1 is 1.29 bits per heavy atom. The third-order valence-electron chi connectivity index (χ3n) is 4.12. The minimum atomic E-state index is -0.838. The van der Waals surface area contributed by atoms with Crippen LogP contribution in [-0.2, 0) is 9.59 Å². The Bertz CT molecular complexity index is 532. The maximum atomic E-state index is 13.7. The fourth-order valence-electron chi connectivity index (χ4n) is 2.89. The van der Waals surface area contributed by atoms with E-state index in [0.717, 1.165) is 6.42 Å². The van der Waals surface area contributed by atoms with Crippen LogP contribution in [0.4, 0.5) is 4.39 Å². The molecule has 21 heavy (non-hydrogen) atoms. The van der Waals surface area contributed by atoms with Crippen molar-refractivity contribution in [1.82, 2.24) is 5.32 Å². The molecule has 114 valence electrons. The summed E-state index contributed by atoms with van der Waals surface area (Å²) < 4.78 is 13.7. The van der Waals surface area contributed by atoms with Gasteiger partial charge >= 0.3 is 5.97 Å². The van der Waals surface area contributed by atoms with Gasteiger partial charge in [0, 0.05) is 11.5 Å². The summed E-state index contributed by atoms with van der Waals surface area (Å²) in [6, 6.07) is 5.90. The molecule has 0 aliphatic heterocycles. The van der Waals surface area contributed by atoms with Crippen molar-refractivity contribution in [3.8, 4) is 0 Å². The van der Waals surface area contributed by atoms with Crippen molar-refractivity contribution in [2.45, 2.75) is 38.6 Å². The Balaban J connectivity index is 1.98. The van der Waals surface area contributed by atoms with Gasteiger partial charge in [0.1, 0.15) is 5.82 Å². The van der Waals surface area contributed by atoms with Crippen molar-refractivity contribution >= 4 is 11.9 Å². The van der Waals surface area contributed by atoms with Gasteiger partial charge in [-0.1, -0.05) is 24.6 Å². The molecule has 0 saturated heterocycles. The van der Waals surface area contributed by atoms with E-state index in [1.807, 2.05) is 0 Å². The zero-order valence-electron chi connectivity index (χ0n) is 12.0. The Kier molecular flexibility index (Phi) is 4.94. The molecule has 0 spiro atoms. The molecule has 1 aromatic rings. The van der Waals surface area contributed by atoms with Crippen molar-refractivity contribution in [2.24, 2.45) is 11.8 Å². The third-order valence-corrected chi connectivity index (χ3v) is 4.12. The van der Waals surface area contributed by atoms with E-state index >= 15 is 0 Å². The number of benzene rings is 1. The quantitative estimate of drug-likeness (QED) is 0.897. The molecule has 0 bridgehead atoms. The minimum Gasteiger partial charge on any atom is -0.481 e. The largest absolute Gasteiger partial charge is 0.481 e. The molecule has 1 amide bonds. The van der Waals surface area contributed by atoms with Crippen LogP contribution >= 0.6 is 0 Å². The van der Waals surface area contributed by atoms with Crippen LogP contribution in [0.3, 0.4) is 0 Å². The van der Waals surface area contributed by atoms with E-state index in [-0.39, 0.29) is 17.6 Å². The number of hydrogen-bond donors (Lipinski definition) is 2. The highest BCUT2D eigenvalue weighted by atomic mass is 19.1. The van der Waals surface area contributed by atoms with Gasteiger partial charge in [-0.15, -0.1) is 0 Å². The summed E-state index contributed by atoms with van der Waals surface area (Å²) in [6.45, 7) is 1.73. The number of carbonyl (C=O) groups excluding carboxylic acids is 1. The first-order valence-electron chi connectivity index (χ1n) is 7.26. The van der Waals surface area contributed by atoms with Gasteiger partial charge < -0.3 is 10.4 Å². The predicted molar refractivity (Wildman–Crippen MR) is 76.0 cm³/mol. The number of amides is 1. The third kappa shape index (κ3) is 3.80. The van der Waals surface area contributed by atoms with E-state index in [9.17, 15) is 14.0 Å². The zero-order valence-corrected chi connectivity index (χ0v) is 12.0. The zero-order chi connectivity index (χ0) is 15.4. The number of carboxylic acids is 1. The van der Waals surface area contributed by atoms with Crippen LogP contribution in [0.15, 0.2) is 24.3 Å². The number of carboxylic acid groups (broad SMARTS) is 1. The maximum Gasteiger partial charge on any atom is 0.306 e. The summed E-state index contributed by atoms with van der Waals surface area (Å²) in [5.74, 6) is -2.11. The Morgan fingerprint density at radius 3 is 2.62 bits per heavy atom. The number of hydrogen-bond acceptors (Lipinski definition) is 2. The van der Waals surface area contributed by atoms with E-state index in [0.29, 0.717) is 24.8 Å². The molecule has 0 heterocycles. The van der Waals surface area contributed by atoms with Crippen molar-refractivity contribution in [2.75, 3.05) is 0 Å². The highest BCUT2D eigenvalue weighted by molar-refractivity contribution is 5.80. The van der Waals surface area contributed by atoms with Gasteiger partial charge in [-0.3, -0.25) is 9.59 Å². The minimum absolute atomic E-state index is 0.184. The van der Waals surface area contributed by atoms with Crippen LogP contribution in [0.5, 0.6) is 0 Å². The van der Waals surface area contributed by atoms with Gasteiger partial charge in [0.15, 0.2) is 0 Å². The number of halogens is 1. The first-order chi connectivity index (χ1) is 9.99. The predicted octanol–water partition coefficient (Wildman–Crippen LogP) is 2.89. The molecule has 2 rings (SSSR count). The lowest BCUT2D eigenvalue weighted by molar-refractivity contribution is -0.144. The molecule has 0 radical (unpaired) electrons. The second-order valence-corrected chi connectivity index (χ2v) is 5.65. The van der Waals surface area contributed by atoms with Crippen LogP contribution < -0.4 is 5.32 Å². The standard InChI is InChI=1S/C16H20FNO3/c1-10(13-7-2-3-8-14(13)17)18-15(19)11-5-4-6-12(9-11)16(20)21/h2-3,7-8,10-12H,4-6,9H2,1H3,(H,18,19)(H,20,21). The summed E-state index contributed by atoms with van der Waals surface area (Å²) in [6.07, 6.45) is 2.43. The molecule has 3 atom stereocenters. The molecule has 1 fully saturated rings. The summed E-state index contributed by atoms with van der Waals surface area (Å²) in [5.41, 5.74) is 0.441. The van der Waals surface area contributed by atoms with Gasteiger partial charge in [0.05, 0.1) is 12.0 Å². The van der Waals surface area contributed by atoms with Gasteiger partial charge in [-0.05, 0) is 32.3 Å². The first kappa shape index (κ1) is 15.5. The summed E-state index contributed by atoms with van der Waals surface area (Å²) >= 11 is 0. The first-order valence-corrected chi connectivity index (χ1v) is 7.26. The SMILES string of the molecule is CC(NC(=O)C1CCCC(C(=O)O)C1)c1ccccc1F. The number of nitrogens with one attached hydrogen (secondary N) is 1. The normalized spacial score (nSPS) is 23.3. The molecular formula is C16H20FNO3. The lowest BCUT2D eigenvalue weighted by Crippen LogP contribution is -2.36. The number of carbonyl (C=O) groups is 2. The van der Waals surface area contributed by atoms with Crippen LogP contribution in [0.25, 0.3) is 0 Å².